The van der Waals surface area contributed by atoms with Crippen LogP contribution in [0.15, 0.2) is 18.2 Å². The highest BCUT2D eigenvalue weighted by Gasteiger charge is 2.54. The monoisotopic (exact) mass is 298 g/mol. The third kappa shape index (κ3) is 1.88. The van der Waals surface area contributed by atoms with E-state index >= 15 is 0 Å². The first-order chi connectivity index (χ1) is 15.0. The zero-order chi connectivity index (χ0) is 26.3. The van der Waals surface area contributed by atoms with E-state index in [1.807, 2.05) is 0 Å². The Bertz CT molecular complexity index is 1070. The van der Waals surface area contributed by atoms with Crippen LogP contribution in [0.5, 0.6) is 5.75 Å². The molecule has 1 aromatic rings. The highest BCUT2D eigenvalue weighted by atomic mass is 16.5. The maximum atomic E-state index is 9.61. The summed E-state index contributed by atoms with van der Waals surface area (Å²) in [7, 11) is 2.35. The van der Waals surface area contributed by atoms with Gasteiger partial charge in [0, 0.05) is 29.3 Å². The van der Waals surface area contributed by atoms with Crippen molar-refractivity contribution in [2.75, 3.05) is 20.7 Å². The molecule has 0 aromatic heterocycles. The quantitative estimate of drug-likeness (QED) is 0.785. The van der Waals surface area contributed by atoms with Crippen LogP contribution >= 0.6 is 0 Å². The Morgan fingerprint density at radius 3 is 3.10 bits per heavy atom. The largest absolute Gasteiger partial charge is 0.497 e. The van der Waals surface area contributed by atoms with Crippen LogP contribution in [0.4, 0.5) is 0 Å². The average molecular weight is 299 g/mol. The Morgan fingerprint density at radius 1 is 1.43 bits per heavy atom. The van der Waals surface area contributed by atoms with Gasteiger partial charge in [-0.2, -0.15) is 0 Å². The molecule has 1 aliphatic heterocycles. The maximum Gasteiger partial charge on any atom is 0.119 e. The van der Waals surface area contributed by atoms with Crippen LogP contribution in [0.25, 0.3) is 0 Å². The van der Waals surface area contributed by atoms with Crippen molar-refractivity contribution < 1.29 is 22.6 Å². The van der Waals surface area contributed by atoms with E-state index in [1.54, 1.807) is 0 Å². The van der Waals surface area contributed by atoms with Gasteiger partial charge in [0.1, 0.15) is 5.75 Å². The molecule has 1 unspecified atom stereocenters. The van der Waals surface area contributed by atoms with Crippen molar-refractivity contribution in [2.45, 2.75) is 50.3 Å². The lowest BCUT2D eigenvalue weighted by Crippen LogP contribution is -2.60. The van der Waals surface area contributed by atoms with Gasteiger partial charge in [0.2, 0.25) is 0 Å². The molecule has 2 aliphatic carbocycles. The molecule has 2 bridgehead atoms. The topological polar surface area (TPSA) is 12.5 Å². The van der Waals surface area contributed by atoms with Gasteiger partial charge in [-0.05, 0) is 80.5 Å². The lowest BCUT2D eigenvalue weighted by molar-refractivity contribution is -0.0112. The number of benzene rings is 1. The highest BCUT2D eigenvalue weighted by Crippen LogP contribution is 2.56. The number of methoxy groups -OCH3 is 1. The summed E-state index contributed by atoms with van der Waals surface area (Å²) in [6.45, 7) is -2.30. The second-order valence-electron chi connectivity index (χ2n) is 5.57. The van der Waals surface area contributed by atoms with Crippen LogP contribution in [0.1, 0.15) is 61.4 Å². The number of nitrogens with zero attached hydrogens (tertiary/aromatic N) is 1. The number of fused-ring (bicyclic) bond motifs is 1. The minimum Gasteiger partial charge on any atom is -0.497 e. The van der Waals surface area contributed by atoms with Gasteiger partial charge >= 0.3 is 0 Å². The predicted octanol–water partition coefficient (Wildman–Crippen LogP) is 3.63. The van der Waals surface area contributed by atoms with Crippen molar-refractivity contribution in [2.24, 2.45) is 11.8 Å². The van der Waals surface area contributed by atoms with E-state index in [1.165, 1.54) is 25.3 Å². The minimum absolute atomic E-state index is 0.0966. The van der Waals surface area contributed by atoms with E-state index in [4.69, 9.17) is 19.8 Å². The third-order valence-electron chi connectivity index (χ3n) is 4.31. The molecular formula is C19H27NO. The number of likely N-dealkylation sites (tertiary alicyclic amines) is 1. The van der Waals surface area contributed by atoms with Gasteiger partial charge in [-0.15, -0.1) is 0 Å². The van der Waals surface area contributed by atoms with Crippen LogP contribution in [0, 0.1) is 11.8 Å². The zero-order valence-electron chi connectivity index (χ0n) is 25.3. The summed E-state index contributed by atoms with van der Waals surface area (Å²) in [4.78, 5) is 0.614. The Hall–Kier alpha value is -1.02. The number of rotatable bonds is 1. The van der Waals surface area contributed by atoms with Crippen molar-refractivity contribution in [1.29, 1.82) is 0 Å². The summed E-state index contributed by atoms with van der Waals surface area (Å²) in [5.41, 5.74) is -3.35. The maximum absolute atomic E-state index is 9.61. The molecule has 21 heavy (non-hydrogen) atoms. The molecule has 0 spiro atoms. The number of hydrogen-bond acceptors (Lipinski definition) is 2. The molecule has 3 aliphatic rings. The summed E-state index contributed by atoms with van der Waals surface area (Å²) in [6.07, 6.45) is -14.2. The predicted molar refractivity (Wildman–Crippen MR) is 85.9 cm³/mol. The highest BCUT2D eigenvalue weighted by molar-refractivity contribution is 5.45. The first-order valence-corrected chi connectivity index (χ1v) is 6.95. The zero-order valence-corrected chi connectivity index (χ0v) is 12.3. The van der Waals surface area contributed by atoms with E-state index in [2.05, 4.69) is 0 Å². The number of ether oxygens (including phenoxy) is 1. The Labute approximate surface area is 146 Å². The van der Waals surface area contributed by atoms with Crippen molar-refractivity contribution in [3.05, 3.63) is 29.3 Å². The minimum atomic E-state index is -3.52. The molecule has 2 fully saturated rings. The molecule has 0 N–H and O–H groups in total. The van der Waals surface area contributed by atoms with Crippen LogP contribution in [-0.4, -0.2) is 31.6 Å². The summed E-state index contributed by atoms with van der Waals surface area (Å²) < 4.78 is 122. The molecule has 4 rings (SSSR count). The fourth-order valence-corrected chi connectivity index (χ4v) is 3.19. The van der Waals surface area contributed by atoms with E-state index in [0.717, 1.165) is 14.0 Å². The van der Waals surface area contributed by atoms with Gasteiger partial charge < -0.3 is 9.64 Å². The van der Waals surface area contributed by atoms with Crippen LogP contribution in [0.2, 0.25) is 0 Å². The van der Waals surface area contributed by atoms with Crippen molar-refractivity contribution in [3.8, 4) is 5.75 Å². The molecule has 1 heterocycles. The van der Waals surface area contributed by atoms with Gasteiger partial charge in [-0.3, -0.25) is 0 Å². The number of piperidine rings is 1. The van der Waals surface area contributed by atoms with Gasteiger partial charge in [0.05, 0.1) is 7.11 Å². The second kappa shape index (κ2) is 4.74. The van der Waals surface area contributed by atoms with Crippen molar-refractivity contribution in [3.63, 3.8) is 0 Å². The molecule has 0 amide bonds. The lowest BCUT2D eigenvalue weighted by Gasteiger charge is -2.59. The van der Waals surface area contributed by atoms with E-state index in [0.29, 0.717) is 4.90 Å². The van der Waals surface area contributed by atoms with E-state index < -0.39 is 61.6 Å². The van der Waals surface area contributed by atoms with Crippen LogP contribution in [-0.2, 0) is 11.8 Å². The van der Waals surface area contributed by atoms with Crippen molar-refractivity contribution >= 4 is 0 Å². The van der Waals surface area contributed by atoms with Gasteiger partial charge in [0.15, 0.2) is 0 Å². The molecule has 4 atom stereocenters. The van der Waals surface area contributed by atoms with Crippen LogP contribution < -0.4 is 4.74 Å². The molecule has 1 aromatic carbocycles. The molecule has 2 nitrogen and oxygen atoms in total. The molecule has 1 saturated heterocycles. The van der Waals surface area contributed by atoms with E-state index in [9.17, 15) is 2.74 Å². The summed E-state index contributed by atoms with van der Waals surface area (Å²) >= 11 is 0. The second-order valence-corrected chi connectivity index (χ2v) is 5.57. The first-order valence-electron chi connectivity index (χ1n) is 13.5. The molecule has 2 heteroatoms. The normalized spacial score (nSPS) is 70.1. The standard InChI is InChI=1S/C19H27NO/c1-13-6-7-19-8-9-20(2)18(17(19)10-13)11-14-4-5-15(21-3)12-16(14)19/h4-5,12-13,17-18H,6-11H2,1-3H3/t13?,17-,18+,19-/m1/s1/i6D2,7D2,8D2,9D2,10D2,13D,17D,18D. The molecule has 1 saturated carbocycles. The lowest BCUT2D eigenvalue weighted by atomic mass is 9.51. The SMILES string of the molecule is [2H]C1([2H])N(C)[C@@]2([2H])Cc3ccc(OC)cc3[C@]3(C1([2H])[2H])C([2H])([2H])C([2H])([2H])C([2H])(C)C([2H])([2H])[C@@]32[2H]. The first kappa shape index (κ1) is 5.56. The average Bonchev–Trinajstić information content (AvgIpc) is 2.71. The molecule has 114 valence electrons. The fraction of sp³-hybridized carbons (Fsp3) is 0.684. The van der Waals surface area contributed by atoms with Gasteiger partial charge in [0.25, 0.3) is 0 Å². The third-order valence-corrected chi connectivity index (χ3v) is 4.31. The van der Waals surface area contributed by atoms with Crippen molar-refractivity contribution in [1.82, 2.24) is 4.90 Å². The van der Waals surface area contributed by atoms with Gasteiger partial charge in [-0.1, -0.05) is 13.0 Å². The Morgan fingerprint density at radius 2 is 2.29 bits per heavy atom. The summed E-state index contributed by atoms with van der Waals surface area (Å²) in [5, 5.41) is 0. The molecule has 0 radical (unpaired) electrons. The summed E-state index contributed by atoms with van der Waals surface area (Å²) in [6, 6.07) is 1.48. The smallest absolute Gasteiger partial charge is 0.119 e. The van der Waals surface area contributed by atoms with E-state index in [-0.39, 0.29) is 16.9 Å². The number of likely N-dealkylation sites (N-methyl/N-ethyl adjacent to an activating group) is 1. The Kier molecular flexibility index (Phi) is 1.25. The Balaban J connectivity index is 2.39. The fourth-order valence-electron chi connectivity index (χ4n) is 3.19. The molecular weight excluding hydrogens is 258 g/mol. The van der Waals surface area contributed by atoms with Gasteiger partial charge in [-0.25, -0.2) is 0 Å². The summed E-state index contributed by atoms with van der Waals surface area (Å²) in [5.74, 6) is -6.03. The van der Waals surface area contributed by atoms with Crippen LogP contribution in [0.3, 0.4) is 0 Å². The number of hydrogen-bond donors (Lipinski definition) is 0.